The molecule has 1 aromatic rings. The third kappa shape index (κ3) is 4.30. The van der Waals surface area contributed by atoms with Crippen molar-refractivity contribution in [2.45, 2.75) is 32.2 Å². The summed E-state index contributed by atoms with van der Waals surface area (Å²) in [7, 11) is -6.82. The molecule has 124 valence electrons. The lowest BCUT2D eigenvalue weighted by molar-refractivity contribution is 0.408. The molecule has 0 bridgehead atoms. The molecule has 2 atom stereocenters. The van der Waals surface area contributed by atoms with Gasteiger partial charge in [0.25, 0.3) is 0 Å². The highest BCUT2D eigenvalue weighted by Gasteiger charge is 2.37. The summed E-state index contributed by atoms with van der Waals surface area (Å²) in [5.74, 6) is -0.492. The van der Waals surface area contributed by atoms with Crippen molar-refractivity contribution in [1.82, 2.24) is 4.31 Å². The maximum Gasteiger partial charge on any atom is 0.215 e. The molecule has 5 nitrogen and oxygen atoms in total. The molecule has 2 rings (SSSR count). The van der Waals surface area contributed by atoms with Gasteiger partial charge in [0.15, 0.2) is 0 Å². The van der Waals surface area contributed by atoms with E-state index in [2.05, 4.69) is 0 Å². The number of benzene rings is 1. The molecule has 0 spiro atoms. The van der Waals surface area contributed by atoms with Crippen LogP contribution in [0.1, 0.15) is 30.4 Å². The maximum atomic E-state index is 12.4. The Hall–Kier alpha value is -0.920. The Kier molecular flexibility index (Phi) is 4.99. The summed E-state index contributed by atoms with van der Waals surface area (Å²) in [6.45, 7) is 4.32. The monoisotopic (exact) mass is 345 g/mol. The lowest BCUT2D eigenvalue weighted by Crippen LogP contribution is -2.37. The predicted molar refractivity (Wildman–Crippen MR) is 88.2 cm³/mol. The molecule has 1 aromatic carbocycles. The maximum absolute atomic E-state index is 12.4. The van der Waals surface area contributed by atoms with Crippen molar-refractivity contribution in [1.29, 1.82) is 0 Å². The second-order valence-electron chi connectivity index (χ2n) is 6.21. The number of hydrogen-bond donors (Lipinski definition) is 0. The number of sulfonamides is 1. The minimum atomic E-state index is -3.54. The Bertz CT molecular complexity index is 723. The summed E-state index contributed by atoms with van der Waals surface area (Å²) >= 11 is 0. The van der Waals surface area contributed by atoms with Crippen molar-refractivity contribution < 1.29 is 16.8 Å². The molecule has 0 radical (unpaired) electrons. The predicted octanol–water partition coefficient (Wildman–Crippen LogP) is 1.55. The molecule has 1 aliphatic rings. The molecule has 1 fully saturated rings. The molecule has 22 heavy (non-hydrogen) atoms. The van der Waals surface area contributed by atoms with Crippen molar-refractivity contribution in [3.63, 3.8) is 0 Å². The standard InChI is InChI=1S/C15H23NO4S2/c1-12-4-6-14(7-5-12)15-10-13(2)16(11-15)22(19,20)9-8-21(3,17)18/h4-7,13,15H,8-11H2,1-3H3/t13-,15-/m1/s1. The number of sulfone groups is 1. The molecule has 0 saturated carbocycles. The van der Waals surface area contributed by atoms with Crippen LogP contribution in [0.25, 0.3) is 0 Å². The third-order valence-electron chi connectivity index (χ3n) is 4.14. The minimum absolute atomic E-state index is 0.101. The van der Waals surface area contributed by atoms with Crippen LogP contribution in [0.15, 0.2) is 24.3 Å². The summed E-state index contributed by atoms with van der Waals surface area (Å²) in [6.07, 6.45) is 1.83. The first kappa shape index (κ1) is 17.4. The Morgan fingerprint density at radius 1 is 1.09 bits per heavy atom. The first-order valence-corrected chi connectivity index (χ1v) is 11.0. The molecule has 0 aromatic heterocycles. The van der Waals surface area contributed by atoms with E-state index >= 15 is 0 Å². The molecule has 0 unspecified atom stereocenters. The van der Waals surface area contributed by atoms with Crippen LogP contribution in [0.3, 0.4) is 0 Å². The van der Waals surface area contributed by atoms with Crippen LogP contribution >= 0.6 is 0 Å². The lowest BCUT2D eigenvalue weighted by atomic mass is 9.96. The summed E-state index contributed by atoms with van der Waals surface area (Å²) in [4.78, 5) is 0. The highest BCUT2D eigenvalue weighted by molar-refractivity contribution is 7.93. The van der Waals surface area contributed by atoms with E-state index in [1.54, 1.807) is 0 Å². The highest BCUT2D eigenvalue weighted by atomic mass is 32.2. The Morgan fingerprint density at radius 3 is 2.23 bits per heavy atom. The Labute approximate surface area is 133 Å². The SMILES string of the molecule is Cc1ccc([C@@H]2C[C@@H](C)N(S(=O)(=O)CCS(C)(=O)=O)C2)cc1. The molecule has 0 N–H and O–H groups in total. The van der Waals surface area contributed by atoms with Gasteiger partial charge in [-0.2, -0.15) is 4.31 Å². The van der Waals surface area contributed by atoms with Gasteiger partial charge < -0.3 is 0 Å². The van der Waals surface area contributed by atoms with E-state index in [0.717, 1.165) is 18.2 Å². The van der Waals surface area contributed by atoms with Gasteiger partial charge in [-0.3, -0.25) is 0 Å². The van der Waals surface area contributed by atoms with Crippen LogP contribution in [0.2, 0.25) is 0 Å². The molecular formula is C15H23NO4S2. The topological polar surface area (TPSA) is 71.5 Å². The van der Waals surface area contributed by atoms with Gasteiger partial charge in [-0.15, -0.1) is 0 Å². The lowest BCUT2D eigenvalue weighted by Gasteiger charge is -2.20. The first-order chi connectivity index (χ1) is 10.1. The number of nitrogens with zero attached hydrogens (tertiary/aromatic N) is 1. The fourth-order valence-corrected chi connectivity index (χ4v) is 6.17. The highest BCUT2D eigenvalue weighted by Crippen LogP contribution is 2.33. The van der Waals surface area contributed by atoms with E-state index in [4.69, 9.17) is 0 Å². The average Bonchev–Trinajstić information content (AvgIpc) is 2.80. The van der Waals surface area contributed by atoms with Crippen LogP contribution in [0.4, 0.5) is 0 Å². The van der Waals surface area contributed by atoms with Crippen LogP contribution in [0, 0.1) is 6.92 Å². The zero-order valence-corrected chi connectivity index (χ0v) is 14.8. The molecule has 7 heteroatoms. The first-order valence-electron chi connectivity index (χ1n) is 7.32. The quantitative estimate of drug-likeness (QED) is 0.812. The number of aryl methyl sites for hydroxylation is 1. The van der Waals surface area contributed by atoms with Gasteiger partial charge in [0.1, 0.15) is 9.84 Å². The number of hydrogen-bond acceptors (Lipinski definition) is 4. The summed E-state index contributed by atoms with van der Waals surface area (Å²) in [5.41, 5.74) is 2.31. The van der Waals surface area contributed by atoms with Crippen molar-refractivity contribution >= 4 is 19.9 Å². The van der Waals surface area contributed by atoms with Crippen molar-refractivity contribution in [3.05, 3.63) is 35.4 Å². The smallest absolute Gasteiger partial charge is 0.215 e. The van der Waals surface area contributed by atoms with Gasteiger partial charge in [0, 0.05) is 18.8 Å². The largest absolute Gasteiger partial charge is 0.229 e. The second kappa shape index (κ2) is 6.29. The fraction of sp³-hybridized carbons (Fsp3) is 0.600. The zero-order chi connectivity index (χ0) is 16.5. The average molecular weight is 345 g/mol. The van der Waals surface area contributed by atoms with Crippen LogP contribution in [-0.2, 0) is 19.9 Å². The summed E-state index contributed by atoms with van der Waals surface area (Å²) in [6, 6.07) is 8.04. The molecule has 1 saturated heterocycles. The van der Waals surface area contributed by atoms with Gasteiger partial charge in [0.2, 0.25) is 10.0 Å². The summed E-state index contributed by atoms with van der Waals surface area (Å²) < 4.78 is 48.6. The normalized spacial score (nSPS) is 23.8. The van der Waals surface area contributed by atoms with Gasteiger partial charge in [-0.1, -0.05) is 29.8 Å². The summed E-state index contributed by atoms with van der Waals surface area (Å²) in [5, 5.41) is 0. The fourth-order valence-electron chi connectivity index (χ4n) is 2.84. The van der Waals surface area contributed by atoms with Gasteiger partial charge in [-0.25, -0.2) is 16.8 Å². The molecule has 0 amide bonds. The molecule has 1 aliphatic heterocycles. The van der Waals surface area contributed by atoms with E-state index in [1.165, 1.54) is 9.87 Å². The van der Waals surface area contributed by atoms with E-state index in [0.29, 0.717) is 6.54 Å². The third-order valence-corrected chi connectivity index (χ3v) is 7.28. The van der Waals surface area contributed by atoms with Gasteiger partial charge in [0.05, 0.1) is 11.5 Å². The van der Waals surface area contributed by atoms with Gasteiger partial charge in [-0.05, 0) is 31.7 Å². The Morgan fingerprint density at radius 2 is 1.68 bits per heavy atom. The minimum Gasteiger partial charge on any atom is -0.229 e. The van der Waals surface area contributed by atoms with Crippen LogP contribution in [0.5, 0.6) is 0 Å². The van der Waals surface area contributed by atoms with Crippen LogP contribution < -0.4 is 0 Å². The second-order valence-corrected chi connectivity index (χ2v) is 10.5. The molecule has 0 aliphatic carbocycles. The van der Waals surface area contributed by atoms with E-state index in [1.807, 2.05) is 38.1 Å². The van der Waals surface area contributed by atoms with Crippen molar-refractivity contribution in [2.24, 2.45) is 0 Å². The van der Waals surface area contributed by atoms with Crippen molar-refractivity contribution in [3.8, 4) is 0 Å². The van der Waals surface area contributed by atoms with Crippen molar-refractivity contribution in [2.75, 3.05) is 24.3 Å². The van der Waals surface area contributed by atoms with E-state index in [9.17, 15) is 16.8 Å². The van der Waals surface area contributed by atoms with Gasteiger partial charge >= 0.3 is 0 Å². The van der Waals surface area contributed by atoms with E-state index in [-0.39, 0.29) is 23.5 Å². The van der Waals surface area contributed by atoms with E-state index < -0.39 is 19.9 Å². The molecule has 1 heterocycles. The molecular weight excluding hydrogens is 322 g/mol. The Balaban J connectivity index is 2.11. The zero-order valence-electron chi connectivity index (χ0n) is 13.2. The van der Waals surface area contributed by atoms with Crippen LogP contribution in [-0.4, -0.2) is 51.5 Å². The number of rotatable bonds is 5.